The third-order valence-electron chi connectivity index (χ3n) is 3.36. The monoisotopic (exact) mass is 269 g/mol. The zero-order valence-corrected chi connectivity index (χ0v) is 11.8. The Labute approximate surface area is 108 Å². The molecule has 1 unspecified atom stereocenters. The summed E-state index contributed by atoms with van der Waals surface area (Å²) >= 11 is 0. The number of benzene rings is 1. The average Bonchev–Trinajstić information content (AvgIpc) is 2.81. The van der Waals surface area contributed by atoms with Crippen molar-refractivity contribution >= 4 is 9.84 Å². The first-order valence-corrected chi connectivity index (χ1v) is 7.94. The van der Waals surface area contributed by atoms with Gasteiger partial charge in [-0.1, -0.05) is 0 Å². The maximum absolute atomic E-state index is 11.9. The van der Waals surface area contributed by atoms with Crippen molar-refractivity contribution in [2.24, 2.45) is 0 Å². The normalized spacial score (nSPS) is 20.1. The molecule has 1 fully saturated rings. The van der Waals surface area contributed by atoms with Gasteiger partial charge in [-0.2, -0.15) is 0 Å². The summed E-state index contributed by atoms with van der Waals surface area (Å²) in [7, 11) is -1.61. The summed E-state index contributed by atoms with van der Waals surface area (Å²) in [5.41, 5.74) is 1.68. The predicted octanol–water partition coefficient (Wildman–Crippen LogP) is 1.83. The van der Waals surface area contributed by atoms with Gasteiger partial charge in [-0.05, 0) is 49.6 Å². The maximum atomic E-state index is 11.9. The molecule has 1 atom stereocenters. The number of ether oxygens (including phenoxy) is 1. The van der Waals surface area contributed by atoms with Crippen LogP contribution in [0.1, 0.15) is 30.0 Å². The maximum Gasteiger partial charge on any atom is 0.175 e. The van der Waals surface area contributed by atoms with Crippen LogP contribution in [0.3, 0.4) is 0 Å². The number of hydrogen-bond donors (Lipinski definition) is 1. The minimum Gasteiger partial charge on any atom is -0.496 e. The summed E-state index contributed by atoms with van der Waals surface area (Å²) < 4.78 is 29.1. The lowest BCUT2D eigenvalue weighted by atomic mass is 10.0. The van der Waals surface area contributed by atoms with Gasteiger partial charge in [0.2, 0.25) is 0 Å². The summed E-state index contributed by atoms with van der Waals surface area (Å²) in [4.78, 5) is 0.417. The summed E-state index contributed by atoms with van der Waals surface area (Å²) in [6.07, 6.45) is 3.30. The molecule has 5 heteroatoms. The number of nitrogens with one attached hydrogen (secondary N) is 1. The second-order valence-electron chi connectivity index (χ2n) is 4.78. The van der Waals surface area contributed by atoms with Crippen LogP contribution in [0.25, 0.3) is 0 Å². The van der Waals surface area contributed by atoms with Crippen LogP contribution in [-0.2, 0) is 9.84 Å². The Hall–Kier alpha value is -1.07. The molecule has 1 aliphatic heterocycles. The molecule has 0 bridgehead atoms. The van der Waals surface area contributed by atoms with Crippen molar-refractivity contribution in [2.75, 3.05) is 19.9 Å². The quantitative estimate of drug-likeness (QED) is 0.909. The SMILES string of the molecule is COc1cc(C2CCCN2)c(S(C)(=O)=O)cc1C. The molecule has 1 aromatic carbocycles. The topological polar surface area (TPSA) is 55.4 Å². The van der Waals surface area contributed by atoms with Gasteiger partial charge in [0.25, 0.3) is 0 Å². The van der Waals surface area contributed by atoms with E-state index in [4.69, 9.17) is 4.74 Å². The molecule has 0 aromatic heterocycles. The van der Waals surface area contributed by atoms with Crippen LogP contribution in [0.4, 0.5) is 0 Å². The van der Waals surface area contributed by atoms with E-state index >= 15 is 0 Å². The third kappa shape index (κ3) is 2.52. The molecule has 0 amide bonds. The number of methoxy groups -OCH3 is 1. The Kier molecular flexibility index (Phi) is 3.64. The van der Waals surface area contributed by atoms with E-state index in [-0.39, 0.29) is 6.04 Å². The highest BCUT2D eigenvalue weighted by atomic mass is 32.2. The first-order valence-electron chi connectivity index (χ1n) is 6.05. The highest BCUT2D eigenvalue weighted by Gasteiger charge is 2.24. The lowest BCUT2D eigenvalue weighted by Crippen LogP contribution is -2.16. The van der Waals surface area contributed by atoms with Crippen molar-refractivity contribution in [2.45, 2.75) is 30.7 Å². The Morgan fingerprint density at radius 3 is 2.61 bits per heavy atom. The van der Waals surface area contributed by atoms with Crippen molar-refractivity contribution in [3.8, 4) is 5.75 Å². The lowest BCUT2D eigenvalue weighted by Gasteiger charge is -2.17. The zero-order chi connectivity index (χ0) is 13.3. The van der Waals surface area contributed by atoms with Crippen LogP contribution in [-0.4, -0.2) is 28.3 Å². The molecular weight excluding hydrogens is 250 g/mol. The fourth-order valence-corrected chi connectivity index (χ4v) is 3.46. The molecule has 1 heterocycles. The molecule has 1 aromatic rings. The second kappa shape index (κ2) is 4.90. The summed E-state index contributed by atoms with van der Waals surface area (Å²) in [6, 6.07) is 3.68. The van der Waals surface area contributed by atoms with E-state index < -0.39 is 9.84 Å². The molecule has 1 aliphatic rings. The molecule has 1 saturated heterocycles. The highest BCUT2D eigenvalue weighted by Crippen LogP contribution is 2.33. The van der Waals surface area contributed by atoms with Crippen LogP contribution in [0.5, 0.6) is 5.75 Å². The summed E-state index contributed by atoms with van der Waals surface area (Å²) in [5.74, 6) is 0.742. The van der Waals surface area contributed by atoms with Gasteiger partial charge in [-0.25, -0.2) is 8.42 Å². The molecule has 1 N–H and O–H groups in total. The highest BCUT2D eigenvalue weighted by molar-refractivity contribution is 7.90. The van der Waals surface area contributed by atoms with Gasteiger partial charge in [-0.15, -0.1) is 0 Å². The predicted molar refractivity (Wildman–Crippen MR) is 70.8 cm³/mol. The van der Waals surface area contributed by atoms with Gasteiger partial charge in [0, 0.05) is 12.3 Å². The lowest BCUT2D eigenvalue weighted by molar-refractivity contribution is 0.409. The van der Waals surface area contributed by atoms with E-state index in [1.807, 2.05) is 13.0 Å². The molecule has 100 valence electrons. The van der Waals surface area contributed by atoms with Crippen molar-refractivity contribution in [1.29, 1.82) is 0 Å². The fraction of sp³-hybridized carbons (Fsp3) is 0.538. The Morgan fingerprint density at radius 1 is 1.39 bits per heavy atom. The van der Waals surface area contributed by atoms with Crippen LogP contribution < -0.4 is 10.1 Å². The standard InChI is InChI=1S/C13H19NO3S/c1-9-7-13(18(3,15)16)10(8-12(9)17-2)11-5-4-6-14-11/h7-8,11,14H,4-6H2,1-3H3. The largest absolute Gasteiger partial charge is 0.496 e. The first kappa shape index (κ1) is 13.4. The smallest absolute Gasteiger partial charge is 0.175 e. The average molecular weight is 269 g/mol. The number of sulfone groups is 1. The van der Waals surface area contributed by atoms with Crippen LogP contribution in [0.15, 0.2) is 17.0 Å². The van der Waals surface area contributed by atoms with E-state index in [0.717, 1.165) is 36.3 Å². The minimum atomic E-state index is -3.21. The van der Waals surface area contributed by atoms with Gasteiger partial charge in [-0.3, -0.25) is 0 Å². The second-order valence-corrected chi connectivity index (χ2v) is 6.76. The van der Waals surface area contributed by atoms with Gasteiger partial charge >= 0.3 is 0 Å². The zero-order valence-electron chi connectivity index (χ0n) is 11.0. The van der Waals surface area contributed by atoms with E-state index in [2.05, 4.69) is 5.32 Å². The number of aryl methyl sites for hydroxylation is 1. The number of rotatable bonds is 3. The number of hydrogen-bond acceptors (Lipinski definition) is 4. The molecule has 0 aliphatic carbocycles. The summed E-state index contributed by atoms with van der Waals surface area (Å²) in [5, 5.41) is 3.34. The van der Waals surface area contributed by atoms with Gasteiger partial charge in [0.05, 0.1) is 12.0 Å². The van der Waals surface area contributed by atoms with Gasteiger partial charge in [0.1, 0.15) is 5.75 Å². The van der Waals surface area contributed by atoms with Gasteiger partial charge in [0.15, 0.2) is 9.84 Å². The third-order valence-corrected chi connectivity index (χ3v) is 4.51. The molecule has 4 nitrogen and oxygen atoms in total. The minimum absolute atomic E-state index is 0.115. The fourth-order valence-electron chi connectivity index (χ4n) is 2.44. The molecular formula is C13H19NO3S. The molecule has 0 spiro atoms. The molecule has 18 heavy (non-hydrogen) atoms. The summed E-state index contributed by atoms with van der Waals surface area (Å²) in [6.45, 7) is 2.80. The Bertz CT molecular complexity index is 546. The van der Waals surface area contributed by atoms with Crippen molar-refractivity contribution in [3.63, 3.8) is 0 Å². The van der Waals surface area contributed by atoms with E-state index in [0.29, 0.717) is 4.90 Å². The van der Waals surface area contributed by atoms with Crippen LogP contribution in [0.2, 0.25) is 0 Å². The van der Waals surface area contributed by atoms with Crippen molar-refractivity contribution in [1.82, 2.24) is 5.32 Å². The van der Waals surface area contributed by atoms with Gasteiger partial charge < -0.3 is 10.1 Å². The van der Waals surface area contributed by atoms with Crippen molar-refractivity contribution < 1.29 is 13.2 Å². The molecule has 0 saturated carbocycles. The van der Waals surface area contributed by atoms with E-state index in [9.17, 15) is 8.42 Å². The Balaban J connectivity index is 2.59. The van der Waals surface area contributed by atoms with Crippen LogP contribution >= 0.6 is 0 Å². The van der Waals surface area contributed by atoms with Crippen molar-refractivity contribution in [3.05, 3.63) is 23.3 Å². The molecule has 2 rings (SSSR count). The van der Waals surface area contributed by atoms with E-state index in [1.165, 1.54) is 6.26 Å². The van der Waals surface area contributed by atoms with Crippen LogP contribution in [0, 0.1) is 6.92 Å². The molecule has 0 radical (unpaired) electrons. The first-order chi connectivity index (χ1) is 8.43. The van der Waals surface area contributed by atoms with E-state index in [1.54, 1.807) is 13.2 Å². The Morgan fingerprint density at radius 2 is 2.11 bits per heavy atom.